The summed E-state index contributed by atoms with van der Waals surface area (Å²) in [5.74, 6) is 0.399. The molecule has 2 atom stereocenters. The fourth-order valence-corrected chi connectivity index (χ4v) is 6.94. The normalized spacial score (nSPS) is 26.6. The summed E-state index contributed by atoms with van der Waals surface area (Å²) < 4.78 is 1.52. The van der Waals surface area contributed by atoms with Crippen molar-refractivity contribution in [1.29, 1.82) is 0 Å². The highest BCUT2D eigenvalue weighted by atomic mass is 16.3. The molecule has 11 heteroatoms. The lowest BCUT2D eigenvalue weighted by Gasteiger charge is -2.33. The van der Waals surface area contributed by atoms with E-state index in [4.69, 9.17) is 10.7 Å². The molecule has 4 aliphatic rings. The molecule has 2 amide bonds. The van der Waals surface area contributed by atoms with E-state index in [1.165, 1.54) is 4.52 Å². The first kappa shape index (κ1) is 27.2. The van der Waals surface area contributed by atoms with E-state index in [0.29, 0.717) is 69.0 Å². The number of amides is 2. The topological polar surface area (TPSA) is 149 Å². The lowest BCUT2D eigenvalue weighted by molar-refractivity contribution is 0.0140. The van der Waals surface area contributed by atoms with Crippen LogP contribution >= 0.6 is 0 Å². The Morgan fingerprint density at radius 3 is 2.64 bits per heavy atom. The van der Waals surface area contributed by atoms with Crippen molar-refractivity contribution >= 4 is 29.0 Å². The number of hydrogen-bond acceptors (Lipinski definition) is 8. The van der Waals surface area contributed by atoms with Crippen molar-refractivity contribution in [1.82, 2.24) is 24.8 Å². The fraction of sp³-hybridized carbons (Fsp3) is 0.548. The molecule has 4 heterocycles. The van der Waals surface area contributed by atoms with E-state index in [0.717, 1.165) is 35.2 Å². The molecule has 0 radical (unpaired) electrons. The van der Waals surface area contributed by atoms with Gasteiger partial charge < -0.3 is 31.1 Å². The average Bonchev–Trinajstić information content (AvgIpc) is 3.51. The van der Waals surface area contributed by atoms with Gasteiger partial charge in [-0.2, -0.15) is 0 Å². The molecule has 1 unspecified atom stereocenters. The van der Waals surface area contributed by atoms with E-state index in [2.05, 4.69) is 22.2 Å². The van der Waals surface area contributed by atoms with Crippen LogP contribution < -0.4 is 16.0 Å². The second-order valence-electron chi connectivity index (χ2n) is 13.0. The maximum Gasteiger partial charge on any atom is 0.259 e. The second kappa shape index (κ2) is 9.95. The molecule has 42 heavy (non-hydrogen) atoms. The molecule has 0 spiro atoms. The average molecular weight is 574 g/mol. The molecule has 1 aromatic carbocycles. The number of fused-ring (bicyclic) bond motifs is 2. The number of anilines is 2. The number of aliphatic hydroxyl groups excluding tert-OH is 1. The Hall–Kier alpha value is -3.70. The Labute approximate surface area is 244 Å². The zero-order valence-corrected chi connectivity index (χ0v) is 24.2. The van der Waals surface area contributed by atoms with Crippen LogP contribution in [0.2, 0.25) is 0 Å². The van der Waals surface area contributed by atoms with Crippen molar-refractivity contribution in [3.8, 4) is 11.3 Å². The van der Waals surface area contributed by atoms with Gasteiger partial charge in [-0.15, -0.1) is 5.10 Å². The largest absolute Gasteiger partial charge is 0.391 e. The molecule has 0 bridgehead atoms. The zero-order chi connectivity index (χ0) is 29.3. The van der Waals surface area contributed by atoms with Crippen LogP contribution in [-0.2, 0) is 6.54 Å². The third kappa shape index (κ3) is 4.78. The molecule has 222 valence electrons. The zero-order valence-electron chi connectivity index (χ0n) is 24.2. The number of nitrogens with two attached hydrogens (primary N) is 1. The molecule has 3 fully saturated rings. The summed E-state index contributed by atoms with van der Waals surface area (Å²) in [6, 6.07) is 6.01. The smallest absolute Gasteiger partial charge is 0.259 e. The van der Waals surface area contributed by atoms with Crippen LogP contribution in [0.25, 0.3) is 16.9 Å². The number of rotatable bonds is 6. The Kier molecular flexibility index (Phi) is 6.43. The van der Waals surface area contributed by atoms with Gasteiger partial charge in [0.05, 0.1) is 28.6 Å². The van der Waals surface area contributed by atoms with Crippen LogP contribution in [0.1, 0.15) is 85.1 Å². The summed E-state index contributed by atoms with van der Waals surface area (Å²) in [5, 5.41) is 28.0. The molecule has 2 saturated carbocycles. The van der Waals surface area contributed by atoms with E-state index in [1.54, 1.807) is 6.20 Å². The molecule has 2 aromatic heterocycles. The monoisotopic (exact) mass is 573 g/mol. The Bertz CT molecular complexity index is 1570. The minimum absolute atomic E-state index is 0.0520. The predicted octanol–water partition coefficient (Wildman–Crippen LogP) is 2.73. The van der Waals surface area contributed by atoms with Crippen molar-refractivity contribution in [2.24, 2.45) is 5.92 Å². The molecule has 5 N–H and O–H groups in total. The number of carbonyl (C=O) groups is 2. The number of aliphatic hydroxyl groups is 2. The van der Waals surface area contributed by atoms with Gasteiger partial charge >= 0.3 is 0 Å². The number of benzene rings is 1. The first-order chi connectivity index (χ1) is 20.1. The highest BCUT2D eigenvalue weighted by molar-refractivity contribution is 6.06. The van der Waals surface area contributed by atoms with E-state index in [1.807, 2.05) is 30.0 Å². The second-order valence-corrected chi connectivity index (χ2v) is 13.0. The van der Waals surface area contributed by atoms with Crippen molar-refractivity contribution in [3.63, 3.8) is 0 Å². The van der Waals surface area contributed by atoms with Crippen LogP contribution in [0.4, 0.5) is 11.5 Å². The van der Waals surface area contributed by atoms with Crippen molar-refractivity contribution < 1.29 is 19.8 Å². The SMILES string of the molecule is CC(C1CC1)N1Cc2cc(-c3ccn4nc(N)c(C(=O)N[C@H]5CC[C@@](C)(O)CC5)c4n3)cc(N3CC[C@@H](O)C3)c2C1=O. The van der Waals surface area contributed by atoms with Gasteiger partial charge in [-0.3, -0.25) is 9.59 Å². The van der Waals surface area contributed by atoms with E-state index < -0.39 is 11.7 Å². The highest BCUT2D eigenvalue weighted by Crippen LogP contribution is 2.42. The molecule has 3 aromatic rings. The van der Waals surface area contributed by atoms with Crippen LogP contribution in [-0.4, -0.2) is 78.4 Å². The Morgan fingerprint density at radius 2 is 1.95 bits per heavy atom. The number of nitrogens with zero attached hydrogens (tertiary/aromatic N) is 5. The standard InChI is InChI=1S/C31H39N7O4/c1-17(18-3-4-18)37-15-20-13-19(14-24(25(20)30(37)41)36-11-7-22(39)16-36)23-8-12-38-28(34-23)26(27(32)35-38)29(40)33-21-5-9-31(2,42)10-6-21/h8,12-14,17-18,21-22,39,42H,3-7,9-11,15-16H2,1-2H3,(H2,32,35)(H,33,40)/t17?,21-,22-,31+/m1/s1. The summed E-state index contributed by atoms with van der Waals surface area (Å²) in [4.78, 5) is 36.1. The molecule has 7 rings (SSSR count). The van der Waals surface area contributed by atoms with E-state index >= 15 is 0 Å². The number of carbonyl (C=O) groups excluding carboxylic acids is 2. The maximum absolute atomic E-state index is 13.7. The Morgan fingerprint density at radius 1 is 1.19 bits per heavy atom. The molecular formula is C31H39N7O4. The molecule has 2 aliphatic carbocycles. The van der Waals surface area contributed by atoms with Crippen molar-refractivity contribution in [2.75, 3.05) is 23.7 Å². The third-order valence-electron chi connectivity index (χ3n) is 9.75. The first-order valence-electron chi connectivity index (χ1n) is 15.2. The van der Waals surface area contributed by atoms with Gasteiger partial charge in [-0.05, 0) is 88.5 Å². The lowest BCUT2D eigenvalue weighted by atomic mass is 9.83. The summed E-state index contributed by atoms with van der Waals surface area (Å²) in [6.07, 6.45) is 6.93. The molecule has 2 aliphatic heterocycles. The quantitative estimate of drug-likeness (QED) is 0.352. The van der Waals surface area contributed by atoms with Gasteiger partial charge in [-0.25, -0.2) is 9.50 Å². The van der Waals surface area contributed by atoms with Gasteiger partial charge in [0.2, 0.25) is 0 Å². The fourth-order valence-electron chi connectivity index (χ4n) is 6.94. The minimum atomic E-state index is -0.694. The number of aromatic nitrogens is 3. The van der Waals surface area contributed by atoms with Crippen LogP contribution in [0.3, 0.4) is 0 Å². The maximum atomic E-state index is 13.7. The third-order valence-corrected chi connectivity index (χ3v) is 9.75. The van der Waals surface area contributed by atoms with Gasteiger partial charge in [-0.1, -0.05) is 0 Å². The summed E-state index contributed by atoms with van der Waals surface area (Å²) >= 11 is 0. The Balaban J connectivity index is 1.24. The van der Waals surface area contributed by atoms with Crippen LogP contribution in [0.5, 0.6) is 0 Å². The number of β-amino-alcohol motifs (C(OH)–C–C–N with tert-alkyl or cyclic N) is 1. The minimum Gasteiger partial charge on any atom is -0.391 e. The lowest BCUT2D eigenvalue weighted by Crippen LogP contribution is -2.42. The van der Waals surface area contributed by atoms with Gasteiger partial charge in [0, 0.05) is 43.5 Å². The van der Waals surface area contributed by atoms with Crippen molar-refractivity contribution in [2.45, 2.75) is 89.1 Å². The molecular weight excluding hydrogens is 534 g/mol. The van der Waals surface area contributed by atoms with Crippen LogP contribution in [0, 0.1) is 5.92 Å². The molecule has 1 saturated heterocycles. The van der Waals surface area contributed by atoms with Gasteiger partial charge in [0.25, 0.3) is 11.8 Å². The highest BCUT2D eigenvalue weighted by Gasteiger charge is 2.41. The van der Waals surface area contributed by atoms with Crippen molar-refractivity contribution in [3.05, 3.63) is 41.1 Å². The summed E-state index contributed by atoms with van der Waals surface area (Å²) in [7, 11) is 0. The number of nitrogen functional groups attached to an aromatic ring is 1. The van der Waals surface area contributed by atoms with E-state index in [-0.39, 0.29) is 35.3 Å². The van der Waals surface area contributed by atoms with Gasteiger partial charge in [0.1, 0.15) is 5.56 Å². The number of nitrogens with one attached hydrogen (secondary N) is 1. The predicted molar refractivity (Wildman–Crippen MR) is 158 cm³/mol. The van der Waals surface area contributed by atoms with Gasteiger partial charge in [0.15, 0.2) is 11.5 Å². The summed E-state index contributed by atoms with van der Waals surface area (Å²) in [6.45, 7) is 5.68. The summed E-state index contributed by atoms with van der Waals surface area (Å²) in [5.41, 5.74) is 10.1. The number of hydrogen-bond donors (Lipinski definition) is 4. The van der Waals surface area contributed by atoms with Crippen LogP contribution in [0.15, 0.2) is 24.4 Å². The molecule has 11 nitrogen and oxygen atoms in total. The van der Waals surface area contributed by atoms with E-state index in [9.17, 15) is 19.8 Å². The first-order valence-corrected chi connectivity index (χ1v) is 15.2.